The van der Waals surface area contributed by atoms with Crippen LogP contribution in [0.15, 0.2) is 30.3 Å². The third-order valence-electron chi connectivity index (χ3n) is 4.20. The summed E-state index contributed by atoms with van der Waals surface area (Å²) in [6, 6.07) is 9.38. The summed E-state index contributed by atoms with van der Waals surface area (Å²) in [4.78, 5) is 12.1. The molecule has 1 aliphatic rings. The summed E-state index contributed by atoms with van der Waals surface area (Å²) in [6.07, 6.45) is 0. The van der Waals surface area contributed by atoms with Crippen molar-refractivity contribution in [2.45, 2.75) is 33.2 Å². The Morgan fingerprint density at radius 3 is 2.77 bits per heavy atom. The Morgan fingerprint density at radius 2 is 2.00 bits per heavy atom. The average molecular weight is 376 g/mol. The Labute approximate surface area is 158 Å². The second-order valence-electron chi connectivity index (χ2n) is 6.55. The lowest BCUT2D eigenvalue weighted by Gasteiger charge is -2.16. The van der Waals surface area contributed by atoms with E-state index < -0.39 is 0 Å². The fourth-order valence-electron chi connectivity index (χ4n) is 2.69. The summed E-state index contributed by atoms with van der Waals surface area (Å²) in [6.45, 7) is 6.62. The number of halogens is 1. The third kappa shape index (κ3) is 4.22. The zero-order valence-electron chi connectivity index (χ0n) is 15.1. The number of hydrogen-bond acceptors (Lipinski definition) is 4. The summed E-state index contributed by atoms with van der Waals surface area (Å²) < 4.78 is 16.4. The van der Waals surface area contributed by atoms with Crippen LogP contribution >= 0.6 is 11.6 Å². The first-order valence-corrected chi connectivity index (χ1v) is 8.90. The first kappa shape index (κ1) is 18.4. The monoisotopic (exact) mass is 375 g/mol. The number of benzene rings is 2. The number of aryl methyl sites for hydroxylation is 1. The molecule has 1 amide bonds. The van der Waals surface area contributed by atoms with Crippen molar-refractivity contribution in [1.82, 2.24) is 5.32 Å². The van der Waals surface area contributed by atoms with E-state index in [1.807, 2.05) is 37.3 Å². The van der Waals surface area contributed by atoms with Crippen LogP contribution in [0.25, 0.3) is 0 Å². The van der Waals surface area contributed by atoms with Gasteiger partial charge in [0.15, 0.2) is 18.1 Å². The highest BCUT2D eigenvalue weighted by molar-refractivity contribution is 6.31. The van der Waals surface area contributed by atoms with Crippen LogP contribution in [0.4, 0.5) is 0 Å². The molecule has 2 aromatic carbocycles. The number of nitrogens with one attached hydrogen (secondary N) is 1. The second-order valence-corrected chi connectivity index (χ2v) is 6.95. The van der Waals surface area contributed by atoms with Gasteiger partial charge in [-0.2, -0.15) is 0 Å². The first-order valence-electron chi connectivity index (χ1n) is 8.52. The Bertz CT molecular complexity index is 820. The average Bonchev–Trinajstić information content (AvgIpc) is 3.08. The van der Waals surface area contributed by atoms with E-state index in [-0.39, 0.29) is 25.2 Å². The minimum atomic E-state index is -0.190. The minimum Gasteiger partial charge on any atom is -0.483 e. The fraction of sp³-hybridized carbons (Fsp3) is 0.350. The van der Waals surface area contributed by atoms with Crippen LogP contribution in [-0.2, 0) is 11.3 Å². The van der Waals surface area contributed by atoms with Crippen LogP contribution in [0.2, 0.25) is 5.02 Å². The highest BCUT2D eigenvalue weighted by Crippen LogP contribution is 2.33. The van der Waals surface area contributed by atoms with Gasteiger partial charge in [0.25, 0.3) is 5.91 Å². The number of carbonyl (C=O) groups excluding carboxylic acids is 1. The van der Waals surface area contributed by atoms with E-state index in [1.54, 1.807) is 0 Å². The van der Waals surface area contributed by atoms with Crippen molar-refractivity contribution in [1.29, 1.82) is 0 Å². The van der Waals surface area contributed by atoms with Crippen molar-refractivity contribution in [2.75, 3.05) is 13.4 Å². The second kappa shape index (κ2) is 7.87. The molecule has 0 fully saturated rings. The molecule has 0 atom stereocenters. The third-order valence-corrected chi connectivity index (χ3v) is 4.61. The molecule has 1 heterocycles. The van der Waals surface area contributed by atoms with Gasteiger partial charge in [0.2, 0.25) is 6.79 Å². The van der Waals surface area contributed by atoms with Gasteiger partial charge in [-0.1, -0.05) is 31.5 Å². The quantitative estimate of drug-likeness (QED) is 0.822. The van der Waals surface area contributed by atoms with Crippen molar-refractivity contribution in [3.05, 3.63) is 52.0 Å². The smallest absolute Gasteiger partial charge is 0.258 e. The maximum absolute atomic E-state index is 12.1. The van der Waals surface area contributed by atoms with Crippen molar-refractivity contribution in [3.63, 3.8) is 0 Å². The molecular weight excluding hydrogens is 354 g/mol. The van der Waals surface area contributed by atoms with Crippen LogP contribution in [-0.4, -0.2) is 19.3 Å². The molecule has 138 valence electrons. The molecule has 0 aromatic heterocycles. The molecule has 0 spiro atoms. The van der Waals surface area contributed by atoms with E-state index in [2.05, 4.69) is 19.2 Å². The van der Waals surface area contributed by atoms with Crippen molar-refractivity contribution < 1.29 is 19.0 Å². The largest absolute Gasteiger partial charge is 0.483 e. The fourth-order valence-corrected chi connectivity index (χ4v) is 2.86. The van der Waals surface area contributed by atoms with Gasteiger partial charge in [-0.25, -0.2) is 0 Å². The molecule has 1 N–H and O–H groups in total. The van der Waals surface area contributed by atoms with Gasteiger partial charge in [0.05, 0.1) is 0 Å². The Morgan fingerprint density at radius 1 is 1.23 bits per heavy atom. The Balaban J connectivity index is 1.57. The molecule has 0 saturated heterocycles. The molecule has 0 bridgehead atoms. The van der Waals surface area contributed by atoms with E-state index in [0.717, 1.165) is 22.4 Å². The SMILES string of the molecule is Cc1cc(OCC(=O)NCc2ccc3c(c2)OCO3)c(C(C)C)cc1Cl. The maximum atomic E-state index is 12.1. The van der Waals surface area contributed by atoms with Gasteiger partial charge >= 0.3 is 0 Å². The Kier molecular flexibility index (Phi) is 5.57. The van der Waals surface area contributed by atoms with E-state index in [0.29, 0.717) is 23.1 Å². The summed E-state index contributed by atoms with van der Waals surface area (Å²) in [5.41, 5.74) is 2.85. The molecule has 3 rings (SSSR count). The van der Waals surface area contributed by atoms with E-state index in [1.165, 1.54) is 0 Å². The van der Waals surface area contributed by atoms with Crippen molar-refractivity contribution in [3.8, 4) is 17.2 Å². The van der Waals surface area contributed by atoms with E-state index in [9.17, 15) is 4.79 Å². The maximum Gasteiger partial charge on any atom is 0.258 e. The summed E-state index contributed by atoms with van der Waals surface area (Å²) in [7, 11) is 0. The van der Waals surface area contributed by atoms with Crippen LogP contribution in [0, 0.1) is 6.92 Å². The molecular formula is C20H22ClNO4. The lowest BCUT2D eigenvalue weighted by molar-refractivity contribution is -0.123. The molecule has 0 saturated carbocycles. The molecule has 1 aliphatic heterocycles. The summed E-state index contributed by atoms with van der Waals surface area (Å²) >= 11 is 6.20. The van der Waals surface area contributed by atoms with Crippen LogP contribution in [0.3, 0.4) is 0 Å². The minimum absolute atomic E-state index is 0.0503. The molecule has 0 unspecified atom stereocenters. The molecule has 0 aliphatic carbocycles. The van der Waals surface area contributed by atoms with E-state index in [4.69, 9.17) is 25.8 Å². The molecule has 2 aromatic rings. The molecule has 26 heavy (non-hydrogen) atoms. The van der Waals surface area contributed by atoms with Gasteiger partial charge in [0, 0.05) is 11.6 Å². The van der Waals surface area contributed by atoms with Gasteiger partial charge in [-0.05, 0) is 53.8 Å². The molecule has 6 heteroatoms. The normalized spacial score (nSPS) is 12.3. The predicted molar refractivity (Wildman–Crippen MR) is 100 cm³/mol. The number of rotatable bonds is 6. The highest BCUT2D eigenvalue weighted by atomic mass is 35.5. The van der Waals surface area contributed by atoms with Crippen LogP contribution in [0.5, 0.6) is 17.2 Å². The van der Waals surface area contributed by atoms with Crippen molar-refractivity contribution >= 4 is 17.5 Å². The topological polar surface area (TPSA) is 56.8 Å². The standard InChI is InChI=1S/C20H22ClNO4/c1-12(2)15-8-16(21)13(3)6-18(15)24-10-20(23)22-9-14-4-5-17-19(7-14)26-11-25-17/h4-8,12H,9-11H2,1-3H3,(H,22,23). The number of amides is 1. The van der Waals surface area contributed by atoms with Crippen LogP contribution < -0.4 is 19.5 Å². The number of carbonyl (C=O) groups is 1. The van der Waals surface area contributed by atoms with E-state index >= 15 is 0 Å². The summed E-state index contributed by atoms with van der Waals surface area (Å²) in [5, 5.41) is 3.55. The number of ether oxygens (including phenoxy) is 3. The zero-order valence-corrected chi connectivity index (χ0v) is 15.9. The zero-order chi connectivity index (χ0) is 18.7. The molecule has 5 nitrogen and oxygen atoms in total. The lowest BCUT2D eigenvalue weighted by Crippen LogP contribution is -2.28. The van der Waals surface area contributed by atoms with Gasteiger partial charge < -0.3 is 19.5 Å². The van der Waals surface area contributed by atoms with Gasteiger partial charge in [0.1, 0.15) is 5.75 Å². The number of hydrogen-bond donors (Lipinski definition) is 1. The van der Waals surface area contributed by atoms with Crippen molar-refractivity contribution in [2.24, 2.45) is 0 Å². The summed E-state index contributed by atoms with van der Waals surface area (Å²) in [5.74, 6) is 2.18. The molecule has 0 radical (unpaired) electrons. The van der Waals surface area contributed by atoms with Gasteiger partial charge in [-0.15, -0.1) is 0 Å². The Hall–Kier alpha value is -2.40. The predicted octanol–water partition coefficient (Wildman–Crippen LogP) is 4.20. The van der Waals surface area contributed by atoms with Gasteiger partial charge in [-0.3, -0.25) is 4.79 Å². The first-order chi connectivity index (χ1) is 12.4. The lowest BCUT2D eigenvalue weighted by atomic mass is 10.0. The van der Waals surface area contributed by atoms with Crippen LogP contribution in [0.1, 0.15) is 36.5 Å². The number of fused-ring (bicyclic) bond motifs is 1. The highest BCUT2D eigenvalue weighted by Gasteiger charge is 2.15.